The Labute approximate surface area is 161 Å². The van der Waals surface area contributed by atoms with E-state index in [0.29, 0.717) is 41.8 Å². The number of amides is 1. The van der Waals surface area contributed by atoms with E-state index in [1.54, 1.807) is 12.1 Å². The van der Waals surface area contributed by atoms with Crippen LogP contribution in [0.4, 0.5) is 0 Å². The molecule has 0 radical (unpaired) electrons. The van der Waals surface area contributed by atoms with Gasteiger partial charge in [0.1, 0.15) is 0 Å². The van der Waals surface area contributed by atoms with E-state index in [-0.39, 0.29) is 23.9 Å². The molecule has 5 nitrogen and oxygen atoms in total. The number of carbonyl (C=O) groups excluding carboxylic acids is 1. The second kappa shape index (κ2) is 10.1. The molecule has 1 aromatic carbocycles. The van der Waals surface area contributed by atoms with Gasteiger partial charge in [-0.3, -0.25) is 4.79 Å². The Bertz CT molecular complexity index is 576. The average Bonchev–Trinajstić information content (AvgIpc) is 3.03. The highest BCUT2D eigenvalue weighted by atomic mass is 35.5. The molecule has 1 aromatic rings. The van der Waals surface area contributed by atoms with Crippen molar-refractivity contribution in [1.29, 1.82) is 0 Å². The van der Waals surface area contributed by atoms with Gasteiger partial charge in [-0.1, -0.05) is 31.4 Å². The van der Waals surface area contributed by atoms with Crippen LogP contribution in [0.1, 0.15) is 56.3 Å². The van der Waals surface area contributed by atoms with Crippen molar-refractivity contribution in [2.75, 3.05) is 19.8 Å². The maximum Gasteiger partial charge on any atom is 0.251 e. The van der Waals surface area contributed by atoms with Gasteiger partial charge in [0.25, 0.3) is 5.91 Å². The average molecular weight is 391 g/mol. The van der Waals surface area contributed by atoms with E-state index in [1.165, 1.54) is 0 Å². The molecule has 1 aliphatic carbocycles. The van der Waals surface area contributed by atoms with E-state index in [2.05, 4.69) is 5.32 Å². The summed E-state index contributed by atoms with van der Waals surface area (Å²) < 4.78 is 11.3. The first kappa shape index (κ1) is 21.9. The lowest BCUT2D eigenvalue weighted by atomic mass is 9.97. The molecule has 0 spiro atoms. The van der Waals surface area contributed by atoms with E-state index in [9.17, 15) is 4.79 Å². The molecule has 25 heavy (non-hydrogen) atoms. The first-order valence-corrected chi connectivity index (χ1v) is 9.04. The van der Waals surface area contributed by atoms with Gasteiger partial charge in [-0.25, -0.2) is 0 Å². The molecule has 0 aromatic heterocycles. The van der Waals surface area contributed by atoms with Crippen molar-refractivity contribution >= 4 is 29.9 Å². The summed E-state index contributed by atoms with van der Waals surface area (Å²) in [7, 11) is 0. The molecular formula is C18H28Cl2N2O3. The van der Waals surface area contributed by atoms with Crippen LogP contribution in [0.5, 0.6) is 11.5 Å². The number of hydrogen-bond donors (Lipinski definition) is 2. The lowest BCUT2D eigenvalue weighted by Crippen LogP contribution is -2.51. The van der Waals surface area contributed by atoms with Crippen molar-refractivity contribution in [2.24, 2.45) is 5.73 Å². The second-order valence-electron chi connectivity index (χ2n) is 6.21. The number of rotatable bonds is 8. The minimum Gasteiger partial charge on any atom is -0.490 e. The Morgan fingerprint density at radius 3 is 2.52 bits per heavy atom. The van der Waals surface area contributed by atoms with Gasteiger partial charge in [-0.05, 0) is 38.3 Å². The minimum atomic E-state index is -0.299. The highest BCUT2D eigenvalue weighted by Crippen LogP contribution is 2.37. The lowest BCUT2D eigenvalue weighted by Gasteiger charge is -2.29. The molecule has 1 saturated carbocycles. The standard InChI is InChI=1S/C18H27ClN2O3.ClH/c1-3-9-24-16-14(19)10-13(11-15(16)23-4-2)17(22)21-18(12-20)7-5-6-8-18;/h10-11H,3-9,12,20H2,1-2H3,(H,21,22);1H. The number of carbonyl (C=O) groups is 1. The number of halogens is 2. The van der Waals surface area contributed by atoms with Crippen molar-refractivity contribution in [3.8, 4) is 11.5 Å². The third-order valence-electron chi connectivity index (χ3n) is 4.35. The van der Waals surface area contributed by atoms with Crippen molar-refractivity contribution in [1.82, 2.24) is 5.32 Å². The van der Waals surface area contributed by atoms with Gasteiger partial charge in [0.15, 0.2) is 11.5 Å². The van der Waals surface area contributed by atoms with E-state index >= 15 is 0 Å². The number of benzene rings is 1. The summed E-state index contributed by atoms with van der Waals surface area (Å²) in [6.07, 6.45) is 4.87. The summed E-state index contributed by atoms with van der Waals surface area (Å²) >= 11 is 6.33. The fourth-order valence-electron chi connectivity index (χ4n) is 3.05. The van der Waals surface area contributed by atoms with E-state index in [1.807, 2.05) is 13.8 Å². The zero-order valence-electron chi connectivity index (χ0n) is 14.9. The van der Waals surface area contributed by atoms with Gasteiger partial charge in [-0.2, -0.15) is 0 Å². The quantitative estimate of drug-likeness (QED) is 0.704. The number of hydrogen-bond acceptors (Lipinski definition) is 4. The van der Waals surface area contributed by atoms with Crippen LogP contribution in [-0.4, -0.2) is 31.2 Å². The topological polar surface area (TPSA) is 73.6 Å². The van der Waals surface area contributed by atoms with Crippen molar-refractivity contribution in [3.63, 3.8) is 0 Å². The van der Waals surface area contributed by atoms with Gasteiger partial charge >= 0.3 is 0 Å². The molecule has 1 fully saturated rings. The normalized spacial score (nSPS) is 15.4. The highest BCUT2D eigenvalue weighted by Gasteiger charge is 2.34. The van der Waals surface area contributed by atoms with Crippen molar-refractivity contribution < 1.29 is 14.3 Å². The third-order valence-corrected chi connectivity index (χ3v) is 4.63. The third kappa shape index (κ3) is 5.40. The molecule has 1 aliphatic rings. The maximum atomic E-state index is 12.7. The molecule has 2 rings (SSSR count). The van der Waals surface area contributed by atoms with Crippen molar-refractivity contribution in [3.05, 3.63) is 22.7 Å². The molecule has 3 N–H and O–H groups in total. The largest absolute Gasteiger partial charge is 0.490 e. The highest BCUT2D eigenvalue weighted by molar-refractivity contribution is 6.32. The SMILES string of the molecule is CCCOc1c(Cl)cc(C(=O)NC2(CN)CCCC2)cc1OCC.Cl. The van der Waals surface area contributed by atoms with Crippen molar-refractivity contribution in [2.45, 2.75) is 51.5 Å². The molecule has 0 aliphatic heterocycles. The summed E-state index contributed by atoms with van der Waals surface area (Å²) in [4.78, 5) is 12.7. The molecule has 142 valence electrons. The Morgan fingerprint density at radius 1 is 1.28 bits per heavy atom. The Morgan fingerprint density at radius 2 is 1.96 bits per heavy atom. The molecule has 7 heteroatoms. The van der Waals surface area contributed by atoms with E-state index in [4.69, 9.17) is 26.8 Å². The summed E-state index contributed by atoms with van der Waals surface area (Å²) in [5, 5.41) is 3.48. The van der Waals surface area contributed by atoms with Crippen LogP contribution in [0, 0.1) is 0 Å². The molecule has 0 saturated heterocycles. The zero-order valence-corrected chi connectivity index (χ0v) is 16.5. The number of nitrogens with two attached hydrogens (primary N) is 1. The van der Waals surface area contributed by atoms with E-state index < -0.39 is 0 Å². The van der Waals surface area contributed by atoms with Crippen LogP contribution in [-0.2, 0) is 0 Å². The fourth-order valence-corrected chi connectivity index (χ4v) is 3.32. The molecule has 0 atom stereocenters. The van der Waals surface area contributed by atoms with Gasteiger partial charge < -0.3 is 20.5 Å². The van der Waals surface area contributed by atoms with Crippen LogP contribution in [0.15, 0.2) is 12.1 Å². The first-order chi connectivity index (χ1) is 11.5. The van der Waals surface area contributed by atoms with Gasteiger partial charge in [-0.15, -0.1) is 12.4 Å². The van der Waals surface area contributed by atoms with E-state index in [0.717, 1.165) is 32.1 Å². The molecule has 0 bridgehead atoms. The van der Waals surface area contributed by atoms with Gasteiger partial charge in [0.05, 0.1) is 23.8 Å². The Balaban J connectivity index is 0.00000312. The minimum absolute atomic E-state index is 0. The number of ether oxygens (including phenoxy) is 2. The zero-order chi connectivity index (χ0) is 17.6. The molecule has 0 heterocycles. The smallest absolute Gasteiger partial charge is 0.251 e. The molecular weight excluding hydrogens is 363 g/mol. The summed E-state index contributed by atoms with van der Waals surface area (Å²) in [5.74, 6) is 0.815. The van der Waals surface area contributed by atoms with Crippen LogP contribution < -0.4 is 20.5 Å². The predicted molar refractivity (Wildman–Crippen MR) is 103 cm³/mol. The lowest BCUT2D eigenvalue weighted by molar-refractivity contribution is 0.0902. The Hall–Kier alpha value is -1.17. The second-order valence-corrected chi connectivity index (χ2v) is 6.62. The van der Waals surface area contributed by atoms with Crippen LogP contribution in [0.3, 0.4) is 0 Å². The predicted octanol–water partition coefficient (Wildman–Crippen LogP) is 3.95. The monoisotopic (exact) mass is 390 g/mol. The van der Waals surface area contributed by atoms with Gasteiger partial charge in [0.2, 0.25) is 0 Å². The van der Waals surface area contributed by atoms with Crippen LogP contribution in [0.25, 0.3) is 0 Å². The summed E-state index contributed by atoms with van der Waals surface area (Å²) in [5.41, 5.74) is 6.06. The van der Waals surface area contributed by atoms with Crippen LogP contribution in [0.2, 0.25) is 5.02 Å². The maximum absolute atomic E-state index is 12.7. The number of nitrogens with one attached hydrogen (secondary N) is 1. The van der Waals surface area contributed by atoms with Gasteiger partial charge in [0, 0.05) is 12.1 Å². The summed E-state index contributed by atoms with van der Waals surface area (Å²) in [6, 6.07) is 3.32. The van der Waals surface area contributed by atoms with Crippen LogP contribution >= 0.6 is 24.0 Å². The molecule has 0 unspecified atom stereocenters. The fraction of sp³-hybridized carbons (Fsp3) is 0.611. The first-order valence-electron chi connectivity index (χ1n) is 8.67. The Kier molecular flexibility index (Phi) is 8.83. The molecule has 1 amide bonds. The summed E-state index contributed by atoms with van der Waals surface area (Å²) in [6.45, 7) is 5.36.